The number of carbonyl (C=O) groups is 1. The van der Waals surface area contributed by atoms with Gasteiger partial charge in [0.1, 0.15) is 11.6 Å². The van der Waals surface area contributed by atoms with E-state index in [4.69, 9.17) is 9.72 Å². The van der Waals surface area contributed by atoms with E-state index in [0.717, 1.165) is 47.7 Å². The standard InChI is InChI=1S/C27H33BrN4O2/c1-18-17-32(12-13-34-18)25-15-20(19-2-3-19)14-24(29-25)30-26(33)22-5-4-21(28)16-23(22)31-10-8-27(6-7-27)9-11-31/h4-5,14-16,18-19H,2-3,6-13,17H2,1H3,(H,29,30,33). The number of ether oxygens (including phenoxy) is 1. The molecule has 3 heterocycles. The van der Waals surface area contributed by atoms with Crippen molar-refractivity contribution in [2.75, 3.05) is 47.9 Å². The van der Waals surface area contributed by atoms with Crippen LogP contribution < -0.4 is 15.1 Å². The van der Waals surface area contributed by atoms with Crippen molar-refractivity contribution in [3.05, 3.63) is 45.9 Å². The van der Waals surface area contributed by atoms with Gasteiger partial charge in [0.2, 0.25) is 0 Å². The van der Waals surface area contributed by atoms with E-state index >= 15 is 0 Å². The summed E-state index contributed by atoms with van der Waals surface area (Å²) in [4.78, 5) is 23.1. The third-order valence-corrected chi connectivity index (χ3v) is 8.51. The molecule has 34 heavy (non-hydrogen) atoms. The molecule has 1 aromatic carbocycles. The second-order valence-electron chi connectivity index (χ2n) is 10.6. The average molecular weight is 525 g/mol. The van der Waals surface area contributed by atoms with Crippen molar-refractivity contribution in [2.24, 2.45) is 5.41 Å². The Morgan fingerprint density at radius 2 is 1.88 bits per heavy atom. The fourth-order valence-electron chi connectivity index (χ4n) is 5.48. The largest absolute Gasteiger partial charge is 0.375 e. The van der Waals surface area contributed by atoms with Gasteiger partial charge in [-0.1, -0.05) is 15.9 Å². The number of nitrogens with one attached hydrogen (secondary N) is 1. The van der Waals surface area contributed by atoms with Gasteiger partial charge in [-0.3, -0.25) is 4.79 Å². The minimum atomic E-state index is -0.0871. The number of rotatable bonds is 5. The maximum atomic E-state index is 13.5. The zero-order valence-corrected chi connectivity index (χ0v) is 21.4. The molecule has 1 N–H and O–H groups in total. The lowest BCUT2D eigenvalue weighted by Crippen LogP contribution is -2.41. The zero-order chi connectivity index (χ0) is 23.3. The Balaban J connectivity index is 1.25. The Morgan fingerprint density at radius 1 is 1.09 bits per heavy atom. The number of nitrogens with zero attached hydrogens (tertiary/aromatic N) is 3. The third-order valence-electron chi connectivity index (χ3n) is 8.02. The van der Waals surface area contributed by atoms with Crippen LogP contribution in [0, 0.1) is 5.41 Å². The van der Waals surface area contributed by atoms with Gasteiger partial charge in [0.25, 0.3) is 5.91 Å². The third kappa shape index (κ3) is 4.69. The van der Waals surface area contributed by atoms with Crippen LogP contribution in [0.5, 0.6) is 0 Å². The van der Waals surface area contributed by atoms with Gasteiger partial charge in [0, 0.05) is 30.7 Å². The topological polar surface area (TPSA) is 57.7 Å². The number of hydrogen-bond donors (Lipinski definition) is 1. The summed E-state index contributed by atoms with van der Waals surface area (Å²) in [5.74, 6) is 2.09. The molecule has 1 unspecified atom stereocenters. The lowest BCUT2D eigenvalue weighted by atomic mass is 9.93. The second-order valence-corrected chi connectivity index (χ2v) is 11.6. The maximum absolute atomic E-state index is 13.5. The molecule has 2 aliphatic carbocycles. The predicted molar refractivity (Wildman–Crippen MR) is 139 cm³/mol. The van der Waals surface area contributed by atoms with Gasteiger partial charge in [0.05, 0.1) is 24.0 Å². The predicted octanol–water partition coefficient (Wildman–Crippen LogP) is 5.58. The monoisotopic (exact) mass is 524 g/mol. The molecule has 1 amide bonds. The molecule has 1 aromatic heterocycles. The van der Waals surface area contributed by atoms with E-state index < -0.39 is 0 Å². The van der Waals surface area contributed by atoms with Crippen LogP contribution in [0.15, 0.2) is 34.8 Å². The van der Waals surface area contributed by atoms with Crippen LogP contribution in [0.1, 0.15) is 67.3 Å². The van der Waals surface area contributed by atoms with Gasteiger partial charge in [-0.05, 0) is 92.7 Å². The molecule has 4 aliphatic rings. The van der Waals surface area contributed by atoms with Crippen molar-refractivity contribution in [2.45, 2.75) is 57.5 Å². The first kappa shape index (κ1) is 22.4. The van der Waals surface area contributed by atoms with Crippen molar-refractivity contribution in [1.29, 1.82) is 0 Å². The molecule has 180 valence electrons. The van der Waals surface area contributed by atoms with Crippen LogP contribution in [-0.4, -0.2) is 49.8 Å². The number of halogens is 1. The molecular weight excluding hydrogens is 492 g/mol. The minimum Gasteiger partial charge on any atom is -0.375 e. The van der Waals surface area contributed by atoms with Gasteiger partial charge in [-0.2, -0.15) is 0 Å². The van der Waals surface area contributed by atoms with Crippen LogP contribution in [-0.2, 0) is 4.74 Å². The summed E-state index contributed by atoms with van der Waals surface area (Å²) < 4.78 is 6.72. The average Bonchev–Trinajstić information content (AvgIpc) is 3.76. The van der Waals surface area contributed by atoms with Gasteiger partial charge in [0.15, 0.2) is 0 Å². The van der Waals surface area contributed by atoms with E-state index in [0.29, 0.717) is 23.8 Å². The molecule has 4 fully saturated rings. The van der Waals surface area contributed by atoms with Crippen molar-refractivity contribution >= 4 is 39.2 Å². The highest BCUT2D eigenvalue weighted by Crippen LogP contribution is 2.54. The summed E-state index contributed by atoms with van der Waals surface area (Å²) in [6.45, 7) is 6.49. The van der Waals surface area contributed by atoms with E-state index in [2.05, 4.69) is 56.2 Å². The molecule has 6 nitrogen and oxygen atoms in total. The smallest absolute Gasteiger partial charge is 0.258 e. The van der Waals surface area contributed by atoms with Gasteiger partial charge >= 0.3 is 0 Å². The summed E-state index contributed by atoms with van der Waals surface area (Å²) in [6, 6.07) is 10.3. The number of aromatic nitrogens is 1. The first-order valence-electron chi connectivity index (χ1n) is 12.7. The lowest BCUT2D eigenvalue weighted by Gasteiger charge is -2.35. The number of piperidine rings is 1. The molecule has 7 heteroatoms. The van der Waals surface area contributed by atoms with E-state index in [9.17, 15) is 4.79 Å². The summed E-state index contributed by atoms with van der Waals surface area (Å²) >= 11 is 3.62. The van der Waals surface area contributed by atoms with Gasteiger partial charge in [-0.15, -0.1) is 0 Å². The fourth-order valence-corrected chi connectivity index (χ4v) is 5.83. The highest BCUT2D eigenvalue weighted by molar-refractivity contribution is 9.10. The van der Waals surface area contributed by atoms with Crippen LogP contribution >= 0.6 is 15.9 Å². The van der Waals surface area contributed by atoms with Crippen LogP contribution in [0.4, 0.5) is 17.3 Å². The first-order chi connectivity index (χ1) is 16.5. The number of anilines is 3. The van der Waals surface area contributed by atoms with Crippen LogP contribution in [0.2, 0.25) is 0 Å². The van der Waals surface area contributed by atoms with E-state index in [1.807, 2.05) is 12.1 Å². The molecule has 2 saturated carbocycles. The van der Waals surface area contributed by atoms with E-state index in [1.54, 1.807) is 0 Å². The van der Waals surface area contributed by atoms with Crippen molar-refractivity contribution in [3.63, 3.8) is 0 Å². The molecule has 1 spiro atoms. The summed E-state index contributed by atoms with van der Waals surface area (Å²) in [7, 11) is 0. The highest BCUT2D eigenvalue weighted by atomic mass is 79.9. The molecule has 6 rings (SSSR count). The number of pyridine rings is 1. The Kier molecular flexibility index (Phi) is 5.80. The number of benzene rings is 1. The van der Waals surface area contributed by atoms with E-state index in [1.165, 1.54) is 44.1 Å². The number of amides is 1. The minimum absolute atomic E-state index is 0.0871. The number of hydrogen-bond acceptors (Lipinski definition) is 5. The van der Waals surface area contributed by atoms with Crippen molar-refractivity contribution in [3.8, 4) is 0 Å². The van der Waals surface area contributed by atoms with Gasteiger partial charge < -0.3 is 19.9 Å². The Hall–Kier alpha value is -2.12. The van der Waals surface area contributed by atoms with Gasteiger partial charge in [-0.25, -0.2) is 4.98 Å². The number of morpholine rings is 1. The summed E-state index contributed by atoms with van der Waals surface area (Å²) in [5.41, 5.74) is 3.62. The maximum Gasteiger partial charge on any atom is 0.258 e. The molecule has 2 saturated heterocycles. The lowest BCUT2D eigenvalue weighted by molar-refractivity contribution is 0.0529. The second kappa shape index (κ2) is 8.83. The number of carbonyl (C=O) groups excluding carboxylic acids is 1. The SMILES string of the molecule is CC1CN(c2cc(C3CC3)cc(NC(=O)c3ccc(Br)cc3N3CCC4(CC3)CC4)n2)CCO1. The van der Waals surface area contributed by atoms with Crippen molar-refractivity contribution in [1.82, 2.24) is 4.98 Å². The Morgan fingerprint density at radius 3 is 2.59 bits per heavy atom. The highest BCUT2D eigenvalue weighted by Gasteiger charge is 2.44. The molecule has 1 atom stereocenters. The van der Waals surface area contributed by atoms with Crippen LogP contribution in [0.25, 0.3) is 0 Å². The Bertz CT molecular complexity index is 1090. The van der Waals surface area contributed by atoms with Crippen molar-refractivity contribution < 1.29 is 9.53 Å². The summed E-state index contributed by atoms with van der Waals surface area (Å²) in [5, 5.41) is 3.15. The van der Waals surface area contributed by atoms with E-state index in [-0.39, 0.29) is 12.0 Å². The quantitative estimate of drug-likeness (QED) is 0.553. The molecule has 0 radical (unpaired) electrons. The first-order valence-corrected chi connectivity index (χ1v) is 13.5. The zero-order valence-electron chi connectivity index (χ0n) is 19.9. The fraction of sp³-hybridized carbons (Fsp3) is 0.556. The molecular formula is C27H33BrN4O2. The normalized spacial score (nSPS) is 23.8. The summed E-state index contributed by atoms with van der Waals surface area (Å²) in [6.07, 6.45) is 7.82. The molecule has 2 aliphatic heterocycles. The van der Waals surface area contributed by atoms with Crippen LogP contribution in [0.3, 0.4) is 0 Å². The molecule has 2 aromatic rings. The molecule has 0 bridgehead atoms. The Labute approximate surface area is 210 Å².